The zero-order chi connectivity index (χ0) is 19.9. The Balaban J connectivity index is 2.81. The standard InChI is InChI=1S/C18H20N2O4S2/c1-11-6-7-13(3)16(10-11)25(21,22)18(20-19)26(23,24)17-14(4)8-12(2)9-15(17)5/h6-10H,1-5H3. The van der Waals surface area contributed by atoms with Gasteiger partial charge < -0.3 is 5.53 Å². The summed E-state index contributed by atoms with van der Waals surface area (Å²) >= 11 is 0. The van der Waals surface area contributed by atoms with Crippen molar-refractivity contribution in [1.29, 1.82) is 0 Å². The summed E-state index contributed by atoms with van der Waals surface area (Å²) in [5.41, 5.74) is 12.0. The number of benzene rings is 2. The Morgan fingerprint density at radius 3 is 1.81 bits per heavy atom. The van der Waals surface area contributed by atoms with Crippen LogP contribution >= 0.6 is 0 Å². The summed E-state index contributed by atoms with van der Waals surface area (Å²) in [6.45, 7) is 8.20. The van der Waals surface area contributed by atoms with Gasteiger partial charge in [-0.25, -0.2) is 16.8 Å². The van der Waals surface area contributed by atoms with Gasteiger partial charge in [0.15, 0.2) is 0 Å². The zero-order valence-electron chi connectivity index (χ0n) is 15.2. The fourth-order valence-corrected chi connectivity index (χ4v) is 7.07. The van der Waals surface area contributed by atoms with Crippen molar-refractivity contribution in [2.24, 2.45) is 0 Å². The van der Waals surface area contributed by atoms with E-state index in [1.54, 1.807) is 52.0 Å². The van der Waals surface area contributed by atoms with Crippen LogP contribution < -0.4 is 0 Å². The van der Waals surface area contributed by atoms with Crippen LogP contribution in [0.4, 0.5) is 0 Å². The quantitative estimate of drug-likeness (QED) is 0.339. The van der Waals surface area contributed by atoms with Crippen molar-refractivity contribution < 1.29 is 21.6 Å². The molecule has 26 heavy (non-hydrogen) atoms. The lowest BCUT2D eigenvalue weighted by molar-refractivity contribution is 0.00379. The first-order chi connectivity index (χ1) is 11.9. The highest BCUT2D eigenvalue weighted by atomic mass is 32.3. The van der Waals surface area contributed by atoms with E-state index >= 15 is 0 Å². The van der Waals surface area contributed by atoms with Gasteiger partial charge in [-0.1, -0.05) is 29.8 Å². The fraction of sp³-hybridized carbons (Fsp3) is 0.278. The molecular weight excluding hydrogens is 372 g/mol. The van der Waals surface area contributed by atoms with Crippen molar-refractivity contribution in [1.82, 2.24) is 0 Å². The lowest BCUT2D eigenvalue weighted by Gasteiger charge is -2.11. The number of nitrogens with zero attached hydrogens (tertiary/aromatic N) is 2. The van der Waals surface area contributed by atoms with E-state index in [1.807, 2.05) is 6.92 Å². The van der Waals surface area contributed by atoms with E-state index in [4.69, 9.17) is 0 Å². The summed E-state index contributed by atoms with van der Waals surface area (Å²) in [5.74, 6) is 0. The summed E-state index contributed by atoms with van der Waals surface area (Å²) in [5, 5.41) is 0. The van der Waals surface area contributed by atoms with Gasteiger partial charge in [0.2, 0.25) is 0 Å². The predicted octanol–water partition coefficient (Wildman–Crippen LogP) is 3.06. The van der Waals surface area contributed by atoms with Crippen LogP contribution in [0.25, 0.3) is 5.53 Å². The third-order valence-electron chi connectivity index (χ3n) is 4.05. The molecule has 0 aliphatic heterocycles. The highest BCUT2D eigenvalue weighted by Gasteiger charge is 2.45. The van der Waals surface area contributed by atoms with Crippen LogP contribution in [0.15, 0.2) is 40.1 Å². The molecule has 0 heterocycles. The molecule has 2 aromatic carbocycles. The molecule has 0 aliphatic carbocycles. The molecule has 2 aromatic rings. The molecule has 0 unspecified atom stereocenters. The van der Waals surface area contributed by atoms with Gasteiger partial charge in [-0.2, -0.15) is 0 Å². The van der Waals surface area contributed by atoms with E-state index in [0.29, 0.717) is 22.3 Å². The fourth-order valence-electron chi connectivity index (χ4n) is 3.02. The monoisotopic (exact) mass is 392 g/mol. The van der Waals surface area contributed by atoms with Crippen LogP contribution in [0.2, 0.25) is 0 Å². The van der Waals surface area contributed by atoms with Crippen LogP contribution in [0.1, 0.15) is 27.8 Å². The molecule has 0 fully saturated rings. The lowest BCUT2D eigenvalue weighted by atomic mass is 10.1. The van der Waals surface area contributed by atoms with Crippen LogP contribution in [-0.2, 0) is 19.7 Å². The highest BCUT2D eigenvalue weighted by Crippen LogP contribution is 2.28. The SMILES string of the molecule is Cc1cc(C)c(S(=O)(=O)C(=[N+]=[N-])S(=O)(=O)c2cc(C)ccc2C)c(C)c1. The van der Waals surface area contributed by atoms with Crippen LogP contribution in [0, 0.1) is 34.6 Å². The maximum Gasteiger partial charge on any atom is 0.504 e. The predicted molar refractivity (Wildman–Crippen MR) is 99.6 cm³/mol. The molecule has 0 aliphatic rings. The highest BCUT2D eigenvalue weighted by molar-refractivity contribution is 8.31. The second-order valence-electron chi connectivity index (χ2n) is 6.37. The number of sulfone groups is 2. The van der Waals surface area contributed by atoms with E-state index < -0.39 is 24.1 Å². The molecular formula is C18H20N2O4S2. The third kappa shape index (κ3) is 3.35. The average Bonchev–Trinajstić information content (AvgIpc) is 2.48. The second kappa shape index (κ2) is 6.79. The molecule has 0 spiro atoms. The second-order valence-corrected chi connectivity index (χ2v) is 10.3. The minimum absolute atomic E-state index is 0.162. The first kappa shape index (κ1) is 20.0. The lowest BCUT2D eigenvalue weighted by Crippen LogP contribution is -2.28. The molecule has 2 rings (SSSR count). The van der Waals surface area contributed by atoms with E-state index in [0.717, 1.165) is 5.56 Å². The largest absolute Gasteiger partial charge is 0.504 e. The minimum atomic E-state index is -4.55. The summed E-state index contributed by atoms with van der Waals surface area (Å²) in [4.78, 5) is 2.34. The van der Waals surface area contributed by atoms with Crippen LogP contribution in [0.3, 0.4) is 0 Å². The molecule has 6 nitrogen and oxygen atoms in total. The number of hydrogen-bond donors (Lipinski definition) is 0. The summed E-state index contributed by atoms with van der Waals surface area (Å²) in [6.07, 6.45) is 0. The van der Waals surface area contributed by atoms with Gasteiger partial charge >= 0.3 is 4.38 Å². The summed E-state index contributed by atoms with van der Waals surface area (Å²) in [7, 11) is -9.09. The Morgan fingerprint density at radius 2 is 1.31 bits per heavy atom. The Bertz CT molecular complexity index is 1130. The number of hydrogen-bond acceptors (Lipinski definition) is 4. The van der Waals surface area contributed by atoms with E-state index in [2.05, 4.69) is 4.79 Å². The molecule has 0 saturated heterocycles. The molecule has 0 atom stereocenters. The third-order valence-corrected chi connectivity index (χ3v) is 8.65. The minimum Gasteiger partial charge on any atom is -0.359 e. The van der Waals surface area contributed by atoms with Gasteiger partial charge in [-0.15, -0.1) is 4.79 Å². The Labute approximate surface area is 154 Å². The first-order valence-electron chi connectivity index (χ1n) is 7.80. The summed E-state index contributed by atoms with van der Waals surface area (Å²) in [6, 6.07) is 7.93. The van der Waals surface area contributed by atoms with Gasteiger partial charge in [0.25, 0.3) is 19.7 Å². The van der Waals surface area contributed by atoms with E-state index in [9.17, 15) is 22.4 Å². The molecule has 0 aromatic heterocycles. The van der Waals surface area contributed by atoms with Gasteiger partial charge in [0.05, 0.1) is 9.79 Å². The Hall–Kier alpha value is -2.28. The van der Waals surface area contributed by atoms with Gasteiger partial charge in [-0.3, -0.25) is 0 Å². The smallest absolute Gasteiger partial charge is 0.359 e. The van der Waals surface area contributed by atoms with Gasteiger partial charge in [0, 0.05) is 0 Å². The number of rotatable bonds is 2. The van der Waals surface area contributed by atoms with E-state index in [-0.39, 0.29) is 9.79 Å². The van der Waals surface area contributed by atoms with Gasteiger partial charge in [-0.05, 0) is 62.9 Å². The van der Waals surface area contributed by atoms with Crippen molar-refractivity contribution in [2.75, 3.05) is 0 Å². The van der Waals surface area contributed by atoms with Crippen molar-refractivity contribution in [3.8, 4) is 0 Å². The molecule has 138 valence electrons. The number of aryl methyl sites for hydroxylation is 5. The first-order valence-corrected chi connectivity index (χ1v) is 10.8. The van der Waals surface area contributed by atoms with Crippen molar-refractivity contribution in [3.63, 3.8) is 0 Å². The summed E-state index contributed by atoms with van der Waals surface area (Å²) < 4.78 is 50.8. The van der Waals surface area contributed by atoms with Crippen LogP contribution in [-0.4, -0.2) is 26.0 Å². The normalized spacial score (nSPS) is 11.9. The van der Waals surface area contributed by atoms with Gasteiger partial charge in [0.1, 0.15) is 0 Å². The van der Waals surface area contributed by atoms with Crippen molar-refractivity contribution in [3.05, 3.63) is 63.7 Å². The Morgan fingerprint density at radius 1 is 0.769 bits per heavy atom. The average molecular weight is 393 g/mol. The molecule has 0 saturated carbocycles. The molecule has 8 heteroatoms. The van der Waals surface area contributed by atoms with Crippen molar-refractivity contribution in [2.45, 2.75) is 44.4 Å². The van der Waals surface area contributed by atoms with Crippen molar-refractivity contribution >= 4 is 24.1 Å². The topological polar surface area (TPSA) is 105 Å². The van der Waals surface area contributed by atoms with Crippen LogP contribution in [0.5, 0.6) is 0 Å². The molecule has 0 amide bonds. The van der Waals surface area contributed by atoms with E-state index in [1.165, 1.54) is 6.07 Å². The Kier molecular flexibility index (Phi) is 5.24. The molecule has 0 N–H and O–H groups in total. The zero-order valence-corrected chi connectivity index (χ0v) is 16.9. The maximum absolute atomic E-state index is 13.1. The molecule has 0 radical (unpaired) electrons. The maximum atomic E-state index is 13.1. The molecule has 0 bridgehead atoms.